The molecule has 1 aliphatic heterocycles. The molecule has 2 N–H and O–H groups in total. The summed E-state index contributed by atoms with van der Waals surface area (Å²) in [5.41, 5.74) is 2.53. The molecular formula is C14H18N4O2. The zero-order chi connectivity index (χ0) is 13.9. The van der Waals surface area contributed by atoms with E-state index in [4.69, 9.17) is 5.11 Å². The molecule has 1 fully saturated rings. The van der Waals surface area contributed by atoms with E-state index in [1.54, 1.807) is 6.20 Å². The third-order valence-corrected chi connectivity index (χ3v) is 3.52. The zero-order valence-corrected chi connectivity index (χ0v) is 11.2. The third-order valence-electron chi connectivity index (χ3n) is 3.52. The van der Waals surface area contributed by atoms with Crippen LogP contribution in [0.15, 0.2) is 24.5 Å². The van der Waals surface area contributed by atoms with Gasteiger partial charge in [0, 0.05) is 32.0 Å². The summed E-state index contributed by atoms with van der Waals surface area (Å²) in [6.07, 6.45) is 4.92. The average molecular weight is 274 g/mol. The highest BCUT2D eigenvalue weighted by molar-refractivity contribution is 5.70. The summed E-state index contributed by atoms with van der Waals surface area (Å²) in [6, 6.07) is 4.00. The molecular weight excluding hydrogens is 256 g/mol. The van der Waals surface area contributed by atoms with E-state index in [1.807, 2.05) is 16.7 Å². The Hall–Kier alpha value is -2.08. The third kappa shape index (κ3) is 2.75. The Labute approximate surface area is 117 Å². The largest absolute Gasteiger partial charge is 0.481 e. The number of rotatable bonds is 3. The summed E-state index contributed by atoms with van der Waals surface area (Å²) in [5.74, 6) is -0.854. The summed E-state index contributed by atoms with van der Waals surface area (Å²) >= 11 is 0. The second-order valence-corrected chi connectivity index (χ2v) is 5.05. The minimum absolute atomic E-state index is 0.0371. The molecule has 0 amide bonds. The van der Waals surface area contributed by atoms with Crippen LogP contribution < -0.4 is 10.2 Å². The van der Waals surface area contributed by atoms with Gasteiger partial charge in [-0.15, -0.1) is 0 Å². The fraction of sp³-hybridized carbons (Fsp3) is 0.429. The Morgan fingerprint density at radius 3 is 3.05 bits per heavy atom. The summed E-state index contributed by atoms with van der Waals surface area (Å²) < 4.78 is 1.91. The van der Waals surface area contributed by atoms with E-state index >= 15 is 0 Å². The van der Waals surface area contributed by atoms with Crippen LogP contribution in [0.4, 0.5) is 5.69 Å². The molecule has 0 aromatic carbocycles. The molecule has 1 aliphatic rings. The van der Waals surface area contributed by atoms with Crippen LogP contribution in [-0.4, -0.2) is 46.6 Å². The van der Waals surface area contributed by atoms with Gasteiger partial charge in [0.15, 0.2) is 0 Å². The molecule has 0 atom stereocenters. The Balaban J connectivity index is 1.87. The van der Waals surface area contributed by atoms with E-state index in [0.29, 0.717) is 5.69 Å². The first kappa shape index (κ1) is 12.9. The highest BCUT2D eigenvalue weighted by Gasteiger charge is 2.11. The SMILES string of the molecule is O=C(O)Cc1cn2cc(N3CCCNCC3)ccc2n1. The number of hydrogen-bond acceptors (Lipinski definition) is 4. The maximum Gasteiger partial charge on any atom is 0.309 e. The second-order valence-electron chi connectivity index (χ2n) is 5.05. The van der Waals surface area contributed by atoms with E-state index in [0.717, 1.165) is 43.9 Å². The Morgan fingerprint density at radius 1 is 1.30 bits per heavy atom. The van der Waals surface area contributed by atoms with E-state index in [1.165, 1.54) is 0 Å². The van der Waals surface area contributed by atoms with Gasteiger partial charge in [0.1, 0.15) is 5.65 Å². The standard InChI is InChI=1S/C14H18N4O2/c19-14(20)8-11-9-18-10-12(2-3-13(18)16-11)17-6-1-4-15-5-7-17/h2-3,9-10,15H,1,4-8H2,(H,19,20). The zero-order valence-electron chi connectivity index (χ0n) is 11.2. The average Bonchev–Trinajstić information content (AvgIpc) is 2.62. The van der Waals surface area contributed by atoms with Gasteiger partial charge in [0.05, 0.1) is 17.8 Å². The molecule has 0 aliphatic carbocycles. The molecule has 2 aromatic rings. The number of carbonyl (C=O) groups is 1. The molecule has 6 heteroatoms. The Kier molecular flexibility index (Phi) is 3.56. The lowest BCUT2D eigenvalue weighted by molar-refractivity contribution is -0.136. The summed E-state index contributed by atoms with van der Waals surface area (Å²) in [5, 5.41) is 12.2. The van der Waals surface area contributed by atoms with Crippen molar-refractivity contribution >= 4 is 17.3 Å². The molecule has 0 radical (unpaired) electrons. The lowest BCUT2D eigenvalue weighted by atomic mass is 10.3. The predicted molar refractivity (Wildman–Crippen MR) is 76.2 cm³/mol. The van der Waals surface area contributed by atoms with Crippen molar-refractivity contribution in [3.63, 3.8) is 0 Å². The number of nitrogens with zero attached hydrogens (tertiary/aromatic N) is 3. The minimum Gasteiger partial charge on any atom is -0.481 e. The molecule has 0 unspecified atom stereocenters. The number of nitrogens with one attached hydrogen (secondary N) is 1. The monoisotopic (exact) mass is 274 g/mol. The van der Waals surface area contributed by atoms with Crippen LogP contribution in [0.25, 0.3) is 5.65 Å². The van der Waals surface area contributed by atoms with Crippen molar-refractivity contribution in [2.45, 2.75) is 12.8 Å². The first-order valence-electron chi connectivity index (χ1n) is 6.87. The Bertz CT molecular complexity index is 615. The van der Waals surface area contributed by atoms with Gasteiger partial charge in [-0.05, 0) is 25.1 Å². The number of aromatic nitrogens is 2. The molecule has 2 aromatic heterocycles. The lowest BCUT2D eigenvalue weighted by Gasteiger charge is -2.22. The number of aliphatic carboxylic acids is 1. The van der Waals surface area contributed by atoms with Crippen molar-refractivity contribution in [3.8, 4) is 0 Å². The van der Waals surface area contributed by atoms with Crippen LogP contribution >= 0.6 is 0 Å². The number of imidazole rings is 1. The van der Waals surface area contributed by atoms with Gasteiger partial charge in [-0.1, -0.05) is 0 Å². The molecule has 0 spiro atoms. The molecule has 3 rings (SSSR count). The van der Waals surface area contributed by atoms with E-state index in [9.17, 15) is 4.79 Å². The molecule has 106 valence electrons. The fourth-order valence-corrected chi connectivity index (χ4v) is 2.56. The van der Waals surface area contributed by atoms with Gasteiger partial charge in [0.2, 0.25) is 0 Å². The van der Waals surface area contributed by atoms with Crippen LogP contribution in [0, 0.1) is 0 Å². The topological polar surface area (TPSA) is 69.9 Å². The smallest absolute Gasteiger partial charge is 0.309 e. The highest BCUT2D eigenvalue weighted by atomic mass is 16.4. The Morgan fingerprint density at radius 2 is 2.20 bits per heavy atom. The van der Waals surface area contributed by atoms with E-state index in [-0.39, 0.29) is 6.42 Å². The number of pyridine rings is 1. The van der Waals surface area contributed by atoms with Gasteiger partial charge in [-0.3, -0.25) is 4.79 Å². The van der Waals surface area contributed by atoms with Crippen LogP contribution in [0.5, 0.6) is 0 Å². The van der Waals surface area contributed by atoms with Crippen molar-refractivity contribution in [3.05, 3.63) is 30.2 Å². The highest BCUT2D eigenvalue weighted by Crippen LogP contribution is 2.17. The normalized spacial score (nSPS) is 16.3. The summed E-state index contributed by atoms with van der Waals surface area (Å²) in [7, 11) is 0. The number of carboxylic acids is 1. The predicted octanol–water partition coefficient (Wildman–Crippen LogP) is 0.761. The van der Waals surface area contributed by atoms with Crippen molar-refractivity contribution < 1.29 is 9.90 Å². The molecule has 1 saturated heterocycles. The molecule has 3 heterocycles. The first-order valence-corrected chi connectivity index (χ1v) is 6.87. The van der Waals surface area contributed by atoms with Gasteiger partial charge >= 0.3 is 5.97 Å². The van der Waals surface area contributed by atoms with Gasteiger partial charge in [-0.2, -0.15) is 0 Å². The van der Waals surface area contributed by atoms with Crippen molar-refractivity contribution in [1.82, 2.24) is 14.7 Å². The maximum absolute atomic E-state index is 10.7. The molecule has 0 saturated carbocycles. The molecule has 0 bridgehead atoms. The summed E-state index contributed by atoms with van der Waals surface area (Å²) in [6.45, 7) is 4.08. The molecule has 20 heavy (non-hydrogen) atoms. The van der Waals surface area contributed by atoms with Gasteiger partial charge < -0.3 is 19.7 Å². The summed E-state index contributed by atoms with van der Waals surface area (Å²) in [4.78, 5) is 17.4. The van der Waals surface area contributed by atoms with Gasteiger partial charge in [-0.25, -0.2) is 4.98 Å². The van der Waals surface area contributed by atoms with Crippen LogP contribution in [-0.2, 0) is 11.2 Å². The van der Waals surface area contributed by atoms with E-state index < -0.39 is 5.97 Å². The second kappa shape index (κ2) is 5.50. The molecule has 6 nitrogen and oxygen atoms in total. The van der Waals surface area contributed by atoms with Crippen LogP contribution in [0.3, 0.4) is 0 Å². The quantitative estimate of drug-likeness (QED) is 0.865. The number of anilines is 1. The van der Waals surface area contributed by atoms with Crippen molar-refractivity contribution in [2.75, 3.05) is 31.1 Å². The van der Waals surface area contributed by atoms with Crippen LogP contribution in [0.1, 0.15) is 12.1 Å². The number of fused-ring (bicyclic) bond motifs is 1. The first-order chi connectivity index (χ1) is 9.72. The number of carboxylic acid groups (broad SMARTS) is 1. The maximum atomic E-state index is 10.7. The van der Waals surface area contributed by atoms with Crippen molar-refractivity contribution in [1.29, 1.82) is 0 Å². The van der Waals surface area contributed by atoms with Crippen LogP contribution in [0.2, 0.25) is 0 Å². The number of hydrogen-bond donors (Lipinski definition) is 2. The van der Waals surface area contributed by atoms with Gasteiger partial charge in [0.25, 0.3) is 0 Å². The lowest BCUT2D eigenvalue weighted by Crippen LogP contribution is -2.27. The minimum atomic E-state index is -0.854. The van der Waals surface area contributed by atoms with E-state index in [2.05, 4.69) is 21.3 Å². The fourth-order valence-electron chi connectivity index (χ4n) is 2.56. The van der Waals surface area contributed by atoms with Crippen molar-refractivity contribution in [2.24, 2.45) is 0 Å².